The molecule has 0 saturated carbocycles. The molecule has 0 spiro atoms. The van der Waals surface area contributed by atoms with Gasteiger partial charge in [0.2, 0.25) is 5.91 Å². The van der Waals surface area contributed by atoms with Gasteiger partial charge in [-0.1, -0.05) is 0 Å². The number of anilines is 1. The molecule has 0 saturated heterocycles. The Kier molecular flexibility index (Phi) is 2.25. The minimum absolute atomic E-state index is 0.0256. The number of H-pyrrole nitrogens is 1. The third kappa shape index (κ3) is 1.67. The average Bonchev–Trinajstić information content (AvgIpc) is 2.98. The van der Waals surface area contributed by atoms with Gasteiger partial charge in [0.1, 0.15) is 5.82 Å². The van der Waals surface area contributed by atoms with Gasteiger partial charge in [0, 0.05) is 23.6 Å². The van der Waals surface area contributed by atoms with Gasteiger partial charge in [-0.15, -0.1) is 0 Å². The van der Waals surface area contributed by atoms with Crippen LogP contribution in [0.3, 0.4) is 0 Å². The standard InChI is InChI=1S/C16H14N4O/c1-16(2)10-6-12-13(7-11(10)20-15(16)21)19-14(18-12)9-4-3-5-17-8-9/h3-8H,1-2H3,(H,18,19)(H,20,21). The monoisotopic (exact) mass is 278 g/mol. The number of amides is 1. The molecule has 5 nitrogen and oxygen atoms in total. The van der Waals surface area contributed by atoms with Crippen LogP contribution in [0.15, 0.2) is 36.7 Å². The molecule has 0 radical (unpaired) electrons. The van der Waals surface area contributed by atoms with Crippen LogP contribution in [0.25, 0.3) is 22.4 Å². The van der Waals surface area contributed by atoms with Crippen LogP contribution < -0.4 is 5.32 Å². The van der Waals surface area contributed by atoms with E-state index in [2.05, 4.69) is 20.3 Å². The third-order valence-electron chi connectivity index (χ3n) is 4.05. The van der Waals surface area contributed by atoms with Crippen LogP contribution in [0, 0.1) is 0 Å². The fourth-order valence-electron chi connectivity index (χ4n) is 2.72. The van der Waals surface area contributed by atoms with E-state index in [-0.39, 0.29) is 5.91 Å². The van der Waals surface area contributed by atoms with Gasteiger partial charge in [-0.2, -0.15) is 0 Å². The number of imidazole rings is 1. The van der Waals surface area contributed by atoms with Gasteiger partial charge in [-0.3, -0.25) is 9.78 Å². The number of carbonyl (C=O) groups is 1. The van der Waals surface area contributed by atoms with Crippen LogP contribution in [-0.4, -0.2) is 20.9 Å². The van der Waals surface area contributed by atoms with Gasteiger partial charge in [0.15, 0.2) is 0 Å². The van der Waals surface area contributed by atoms with Crippen LogP contribution >= 0.6 is 0 Å². The molecule has 0 aliphatic carbocycles. The first-order chi connectivity index (χ1) is 10.1. The largest absolute Gasteiger partial charge is 0.338 e. The lowest BCUT2D eigenvalue weighted by Crippen LogP contribution is -2.26. The van der Waals surface area contributed by atoms with Crippen molar-refractivity contribution >= 4 is 22.6 Å². The lowest BCUT2D eigenvalue weighted by Gasteiger charge is -2.14. The fraction of sp³-hybridized carbons (Fsp3) is 0.188. The number of rotatable bonds is 1. The van der Waals surface area contributed by atoms with Crippen LogP contribution in [0.4, 0.5) is 5.69 Å². The van der Waals surface area contributed by atoms with Crippen LogP contribution in [-0.2, 0) is 10.2 Å². The summed E-state index contributed by atoms with van der Waals surface area (Å²) in [4.78, 5) is 24.0. The molecule has 104 valence electrons. The predicted molar refractivity (Wildman–Crippen MR) is 81.0 cm³/mol. The number of nitrogens with one attached hydrogen (secondary N) is 2. The van der Waals surface area contributed by atoms with Gasteiger partial charge in [0.25, 0.3) is 0 Å². The smallest absolute Gasteiger partial charge is 0.234 e. The maximum Gasteiger partial charge on any atom is 0.234 e. The number of benzene rings is 1. The van der Waals surface area contributed by atoms with E-state index in [1.165, 1.54) is 0 Å². The normalized spacial score (nSPS) is 16.0. The topological polar surface area (TPSA) is 70.7 Å². The zero-order valence-electron chi connectivity index (χ0n) is 11.8. The quantitative estimate of drug-likeness (QED) is 0.719. The Morgan fingerprint density at radius 3 is 2.86 bits per heavy atom. The van der Waals surface area contributed by atoms with Crippen LogP contribution in [0.5, 0.6) is 0 Å². The summed E-state index contributed by atoms with van der Waals surface area (Å²) in [5.74, 6) is 0.809. The second-order valence-corrected chi connectivity index (χ2v) is 5.82. The van der Waals surface area contributed by atoms with E-state index in [0.29, 0.717) is 0 Å². The van der Waals surface area contributed by atoms with Gasteiger partial charge >= 0.3 is 0 Å². The van der Waals surface area contributed by atoms with Crippen molar-refractivity contribution in [1.82, 2.24) is 15.0 Å². The minimum Gasteiger partial charge on any atom is -0.338 e. The number of aromatic nitrogens is 3. The molecule has 4 rings (SSSR count). The molecular weight excluding hydrogens is 264 g/mol. The number of aromatic amines is 1. The van der Waals surface area contributed by atoms with E-state index in [9.17, 15) is 4.79 Å². The summed E-state index contributed by atoms with van der Waals surface area (Å²) in [5.41, 5.74) is 4.05. The maximum atomic E-state index is 12.0. The Morgan fingerprint density at radius 1 is 1.24 bits per heavy atom. The molecule has 0 fully saturated rings. The second-order valence-electron chi connectivity index (χ2n) is 5.82. The molecule has 1 aromatic carbocycles. The van der Waals surface area contributed by atoms with E-state index in [1.807, 2.05) is 38.1 Å². The molecule has 2 N–H and O–H groups in total. The van der Waals surface area contributed by atoms with Gasteiger partial charge in [-0.05, 0) is 43.7 Å². The Morgan fingerprint density at radius 2 is 2.10 bits per heavy atom. The zero-order chi connectivity index (χ0) is 14.6. The van der Waals surface area contributed by atoms with Crippen molar-refractivity contribution < 1.29 is 4.79 Å². The summed E-state index contributed by atoms with van der Waals surface area (Å²) in [6.07, 6.45) is 3.51. The number of pyridine rings is 1. The van der Waals surface area contributed by atoms with Crippen molar-refractivity contribution in [2.75, 3.05) is 5.32 Å². The van der Waals surface area contributed by atoms with Crippen molar-refractivity contribution in [2.45, 2.75) is 19.3 Å². The Balaban J connectivity index is 1.90. The molecule has 5 heteroatoms. The average molecular weight is 278 g/mol. The first kappa shape index (κ1) is 12.1. The second kappa shape index (κ2) is 3.91. The highest BCUT2D eigenvalue weighted by molar-refractivity contribution is 6.07. The molecule has 0 atom stereocenters. The minimum atomic E-state index is -0.511. The number of nitrogens with zero attached hydrogens (tertiary/aromatic N) is 2. The summed E-state index contributed by atoms with van der Waals surface area (Å²) in [7, 11) is 0. The SMILES string of the molecule is CC1(C)C(=O)Nc2cc3nc(-c4cccnc4)[nH]c3cc21. The predicted octanol–water partition coefficient (Wildman–Crippen LogP) is 2.85. The molecule has 3 heterocycles. The lowest BCUT2D eigenvalue weighted by atomic mass is 9.86. The van der Waals surface area contributed by atoms with Gasteiger partial charge in [0.05, 0.1) is 16.4 Å². The van der Waals surface area contributed by atoms with Crippen LogP contribution in [0.1, 0.15) is 19.4 Å². The lowest BCUT2D eigenvalue weighted by molar-refractivity contribution is -0.119. The highest BCUT2D eigenvalue weighted by atomic mass is 16.2. The van der Waals surface area contributed by atoms with E-state index in [1.54, 1.807) is 12.4 Å². The summed E-state index contributed by atoms with van der Waals surface area (Å²) in [6, 6.07) is 7.78. The fourth-order valence-corrected chi connectivity index (χ4v) is 2.72. The summed E-state index contributed by atoms with van der Waals surface area (Å²) in [6.45, 7) is 3.86. The zero-order valence-corrected chi connectivity index (χ0v) is 11.8. The molecular formula is C16H14N4O. The first-order valence-electron chi connectivity index (χ1n) is 6.82. The molecule has 0 unspecified atom stereocenters. The number of hydrogen-bond acceptors (Lipinski definition) is 3. The highest BCUT2D eigenvalue weighted by Crippen LogP contribution is 2.39. The molecule has 21 heavy (non-hydrogen) atoms. The Bertz CT molecular complexity index is 865. The maximum absolute atomic E-state index is 12.0. The molecule has 1 aliphatic heterocycles. The van der Waals surface area contributed by atoms with Crippen molar-refractivity contribution in [1.29, 1.82) is 0 Å². The van der Waals surface area contributed by atoms with Crippen molar-refractivity contribution in [2.24, 2.45) is 0 Å². The Hall–Kier alpha value is -2.69. The number of fused-ring (bicyclic) bond motifs is 2. The van der Waals surface area contributed by atoms with Crippen molar-refractivity contribution in [3.63, 3.8) is 0 Å². The highest BCUT2D eigenvalue weighted by Gasteiger charge is 2.38. The number of carbonyl (C=O) groups excluding carboxylic acids is 1. The first-order valence-corrected chi connectivity index (χ1v) is 6.82. The van der Waals surface area contributed by atoms with Gasteiger partial charge < -0.3 is 10.3 Å². The van der Waals surface area contributed by atoms with E-state index in [0.717, 1.165) is 33.7 Å². The van der Waals surface area contributed by atoms with Crippen LogP contribution in [0.2, 0.25) is 0 Å². The summed E-state index contributed by atoms with van der Waals surface area (Å²) < 4.78 is 0. The van der Waals surface area contributed by atoms with Crippen molar-refractivity contribution in [3.05, 3.63) is 42.2 Å². The molecule has 3 aromatic rings. The third-order valence-corrected chi connectivity index (χ3v) is 4.05. The van der Waals surface area contributed by atoms with E-state index >= 15 is 0 Å². The Labute approximate surface area is 121 Å². The molecule has 1 amide bonds. The molecule has 0 bridgehead atoms. The number of hydrogen-bond donors (Lipinski definition) is 2. The molecule has 1 aliphatic rings. The van der Waals surface area contributed by atoms with E-state index < -0.39 is 5.41 Å². The van der Waals surface area contributed by atoms with Gasteiger partial charge in [-0.25, -0.2) is 4.98 Å². The summed E-state index contributed by atoms with van der Waals surface area (Å²) >= 11 is 0. The molecule has 2 aromatic heterocycles. The van der Waals surface area contributed by atoms with E-state index in [4.69, 9.17) is 0 Å². The van der Waals surface area contributed by atoms with Crippen molar-refractivity contribution in [3.8, 4) is 11.4 Å². The summed E-state index contributed by atoms with van der Waals surface area (Å²) in [5, 5.41) is 2.92.